The lowest BCUT2D eigenvalue weighted by Crippen LogP contribution is -2.46. The highest BCUT2D eigenvalue weighted by Gasteiger charge is 2.32. The van der Waals surface area contributed by atoms with E-state index in [1.807, 2.05) is 0 Å². The minimum Gasteiger partial charge on any atom is -0.326 e. The van der Waals surface area contributed by atoms with Crippen molar-refractivity contribution in [2.45, 2.75) is 141 Å². The highest BCUT2D eigenvalue weighted by atomic mass is 31.2. The molecule has 1 N–H and O–H groups in total. The molecular weight excluding hydrogens is 505 g/mol. The van der Waals surface area contributed by atoms with Gasteiger partial charge in [-0.2, -0.15) is 0 Å². The summed E-state index contributed by atoms with van der Waals surface area (Å²) in [5.74, 6) is 0. The van der Waals surface area contributed by atoms with Crippen molar-refractivity contribution in [3.05, 3.63) is 35.9 Å². The fraction of sp³-hybridized carbons (Fsp3) is 0.818. The predicted octanol–water partition coefficient (Wildman–Crippen LogP) is 9.62. The Hall–Kier alpha value is -0.710. The molecule has 1 aliphatic rings. The Bertz CT molecular complexity index is 761. The van der Waals surface area contributed by atoms with Gasteiger partial charge in [0.25, 0.3) is 0 Å². The molecule has 0 radical (unpaired) electrons. The Morgan fingerprint density at radius 3 is 1.90 bits per heavy atom. The lowest BCUT2D eigenvalue weighted by Gasteiger charge is -2.33. The summed E-state index contributed by atoms with van der Waals surface area (Å²) in [6, 6.07) is 10.6. The molecule has 0 aliphatic carbocycles. The van der Waals surface area contributed by atoms with Gasteiger partial charge in [-0.3, -0.25) is 9.05 Å². The van der Waals surface area contributed by atoms with E-state index in [0.29, 0.717) is 6.61 Å². The first-order chi connectivity index (χ1) is 18.9. The molecule has 1 saturated heterocycles. The molecule has 1 fully saturated rings. The zero-order chi connectivity index (χ0) is 28.1. The first-order valence-electron chi connectivity index (χ1n) is 16.5. The normalized spacial score (nSPS) is 21.5. The summed E-state index contributed by atoms with van der Waals surface area (Å²) in [4.78, 5) is 10.3. The van der Waals surface area contributed by atoms with Crippen molar-refractivity contribution in [3.8, 4) is 0 Å². The third-order valence-corrected chi connectivity index (χ3v) is 9.61. The van der Waals surface area contributed by atoms with E-state index in [1.54, 1.807) is 0 Å². The van der Waals surface area contributed by atoms with Crippen LogP contribution in [0, 0.1) is 0 Å². The summed E-state index contributed by atoms with van der Waals surface area (Å²) in [6.45, 7) is 5.73. The van der Waals surface area contributed by atoms with Gasteiger partial charge < -0.3 is 9.38 Å². The zero-order valence-corrected chi connectivity index (χ0v) is 26.4. The van der Waals surface area contributed by atoms with E-state index >= 15 is 0 Å². The van der Waals surface area contributed by atoms with Crippen LogP contribution in [0.1, 0.15) is 134 Å². The zero-order valence-electron chi connectivity index (χ0n) is 25.5. The summed E-state index contributed by atoms with van der Waals surface area (Å²) < 4.78 is 24.5. The minimum absolute atomic E-state index is 0.191. The molecular formula is C33H61NO4P+. The SMILES string of the molecule is CCCCCCCCCCCCCCCCCCOP(=O)(O)OC1CCC[N@@+](C)(CCc2ccccc2)CC1. The number of rotatable bonds is 23. The van der Waals surface area contributed by atoms with Crippen molar-refractivity contribution in [2.24, 2.45) is 0 Å². The Morgan fingerprint density at radius 1 is 0.795 bits per heavy atom. The fourth-order valence-corrected chi connectivity index (χ4v) is 6.84. The number of hydrogen-bond acceptors (Lipinski definition) is 3. The van der Waals surface area contributed by atoms with Crippen molar-refractivity contribution in [1.29, 1.82) is 0 Å². The largest absolute Gasteiger partial charge is 0.472 e. The number of unbranched alkanes of at least 4 members (excludes halogenated alkanes) is 15. The molecule has 0 amide bonds. The van der Waals surface area contributed by atoms with E-state index in [0.717, 1.165) is 62.6 Å². The molecule has 0 bridgehead atoms. The summed E-state index contributed by atoms with van der Waals surface area (Å²) in [7, 11) is -1.68. The first kappa shape index (κ1) is 34.5. The molecule has 1 aromatic rings. The maximum atomic E-state index is 12.5. The Kier molecular flexibility index (Phi) is 18.6. The van der Waals surface area contributed by atoms with Crippen molar-refractivity contribution in [1.82, 2.24) is 0 Å². The van der Waals surface area contributed by atoms with Gasteiger partial charge in [0.15, 0.2) is 0 Å². The van der Waals surface area contributed by atoms with Crippen LogP contribution >= 0.6 is 7.82 Å². The van der Waals surface area contributed by atoms with Gasteiger partial charge in [-0.15, -0.1) is 0 Å². The summed E-state index contributed by atoms with van der Waals surface area (Å²) in [5, 5.41) is 0. The standard InChI is InChI=1S/C33H60NO4P/c1-3-4-5-6-7-8-9-10-11-12-13-14-15-16-17-21-31-37-39(35,36)38-33-25-22-28-34(2,30-27-33)29-26-32-23-19-18-20-24-32/h18-20,23-24,33H,3-17,21-22,25-31H2,1-2H3/p+1/t33?,34-/m0/s1. The van der Waals surface area contributed by atoms with Gasteiger partial charge in [-0.05, 0) is 24.8 Å². The van der Waals surface area contributed by atoms with Crippen LogP contribution in [0.5, 0.6) is 0 Å². The monoisotopic (exact) mass is 566 g/mol. The van der Waals surface area contributed by atoms with Crippen LogP contribution in [-0.2, 0) is 20.0 Å². The van der Waals surface area contributed by atoms with Gasteiger partial charge in [0.05, 0.1) is 39.4 Å². The fourth-order valence-electron chi connectivity index (χ4n) is 5.83. The Labute approximate surface area is 241 Å². The topological polar surface area (TPSA) is 55.8 Å². The number of hydrogen-bond donors (Lipinski definition) is 1. The number of nitrogens with zero attached hydrogens (tertiary/aromatic N) is 1. The number of benzene rings is 1. The molecule has 1 aliphatic heterocycles. The summed E-state index contributed by atoms with van der Waals surface area (Å²) >= 11 is 0. The predicted molar refractivity (Wildman–Crippen MR) is 165 cm³/mol. The molecule has 2 unspecified atom stereocenters. The molecule has 5 nitrogen and oxygen atoms in total. The second kappa shape index (κ2) is 21.1. The molecule has 1 aromatic carbocycles. The average Bonchev–Trinajstić information content (AvgIpc) is 3.11. The highest BCUT2D eigenvalue weighted by molar-refractivity contribution is 7.47. The smallest absolute Gasteiger partial charge is 0.326 e. The van der Waals surface area contributed by atoms with Gasteiger partial charge in [0.1, 0.15) is 0 Å². The third kappa shape index (κ3) is 17.7. The van der Waals surface area contributed by atoms with Crippen molar-refractivity contribution >= 4 is 7.82 Å². The highest BCUT2D eigenvalue weighted by Crippen LogP contribution is 2.46. The van der Waals surface area contributed by atoms with Gasteiger partial charge in [-0.1, -0.05) is 134 Å². The summed E-state index contributed by atoms with van der Waals surface area (Å²) in [6.07, 6.45) is 24.5. The summed E-state index contributed by atoms with van der Waals surface area (Å²) in [5.41, 5.74) is 1.37. The number of phosphoric acid groups is 1. The maximum Gasteiger partial charge on any atom is 0.472 e. The Morgan fingerprint density at radius 2 is 1.33 bits per heavy atom. The van der Waals surface area contributed by atoms with E-state index in [2.05, 4.69) is 44.3 Å². The quantitative estimate of drug-likeness (QED) is 0.0814. The minimum atomic E-state index is -3.98. The van der Waals surface area contributed by atoms with Crippen molar-refractivity contribution in [2.75, 3.05) is 33.3 Å². The van der Waals surface area contributed by atoms with Crippen LogP contribution < -0.4 is 0 Å². The second-order valence-corrected chi connectivity index (χ2v) is 13.7. The van der Waals surface area contributed by atoms with Crippen LogP contribution in [-0.4, -0.2) is 48.8 Å². The van der Waals surface area contributed by atoms with E-state index in [1.165, 1.54) is 95.5 Å². The molecule has 2 rings (SSSR count). The van der Waals surface area contributed by atoms with Gasteiger partial charge in [-0.25, -0.2) is 4.57 Å². The lowest BCUT2D eigenvalue weighted by molar-refractivity contribution is -0.908. The first-order valence-corrected chi connectivity index (χ1v) is 18.0. The second-order valence-electron chi connectivity index (χ2n) is 12.3. The van der Waals surface area contributed by atoms with Crippen LogP contribution in [0.3, 0.4) is 0 Å². The lowest BCUT2D eigenvalue weighted by atomic mass is 10.0. The van der Waals surface area contributed by atoms with Crippen molar-refractivity contribution in [3.63, 3.8) is 0 Å². The number of quaternary nitrogens is 1. The maximum absolute atomic E-state index is 12.5. The molecule has 0 spiro atoms. The van der Waals surface area contributed by atoms with E-state index in [4.69, 9.17) is 9.05 Å². The molecule has 3 atom stereocenters. The van der Waals surface area contributed by atoms with Gasteiger partial charge in [0, 0.05) is 12.8 Å². The molecule has 226 valence electrons. The molecule has 0 saturated carbocycles. The molecule has 0 aromatic heterocycles. The average molecular weight is 567 g/mol. The number of likely N-dealkylation sites (N-methyl/N-ethyl adjacent to an activating group) is 1. The number of likely N-dealkylation sites (tertiary alicyclic amines) is 1. The van der Waals surface area contributed by atoms with E-state index in [9.17, 15) is 9.46 Å². The molecule has 39 heavy (non-hydrogen) atoms. The van der Waals surface area contributed by atoms with Gasteiger partial charge in [0.2, 0.25) is 0 Å². The third-order valence-electron chi connectivity index (χ3n) is 8.53. The molecule has 6 heteroatoms. The van der Waals surface area contributed by atoms with Crippen LogP contribution in [0.15, 0.2) is 30.3 Å². The van der Waals surface area contributed by atoms with E-state index in [-0.39, 0.29) is 6.10 Å². The van der Waals surface area contributed by atoms with Crippen molar-refractivity contribution < 1.29 is 23.0 Å². The van der Waals surface area contributed by atoms with Crippen LogP contribution in [0.2, 0.25) is 0 Å². The number of phosphoric ester groups is 1. The van der Waals surface area contributed by atoms with Gasteiger partial charge >= 0.3 is 7.82 Å². The van der Waals surface area contributed by atoms with E-state index < -0.39 is 7.82 Å². The molecule has 1 heterocycles. The van der Waals surface area contributed by atoms with Crippen LogP contribution in [0.25, 0.3) is 0 Å². The Balaban J connectivity index is 1.43. The van der Waals surface area contributed by atoms with Crippen LogP contribution in [0.4, 0.5) is 0 Å².